The Morgan fingerprint density at radius 2 is 1.45 bits per heavy atom. The highest BCUT2D eigenvalue weighted by molar-refractivity contribution is 5.67. The first-order chi connectivity index (χ1) is 9.70. The largest absolute Gasteiger partial charge is 0.550 e. The summed E-state index contributed by atoms with van der Waals surface area (Å²) in [6, 6.07) is 0. The first-order valence-corrected chi connectivity index (χ1v) is 8.91. The molecule has 0 heterocycles. The average Bonchev–Trinajstić information content (AvgIpc) is 2.48. The van der Waals surface area contributed by atoms with Gasteiger partial charge in [0, 0.05) is 5.97 Å². The lowest BCUT2D eigenvalue weighted by Crippen LogP contribution is -2.35. The minimum atomic E-state index is -0.817. The summed E-state index contributed by atoms with van der Waals surface area (Å²) in [6.07, 6.45) is 15.2. The Labute approximate surface area is 124 Å². The van der Waals surface area contributed by atoms with Crippen molar-refractivity contribution in [2.45, 2.75) is 84.0 Å². The predicted octanol–water partition coefficient (Wildman–Crippen LogP) is 3.93. The number of carbonyl (C=O) groups is 1. The van der Waals surface area contributed by atoms with Crippen molar-refractivity contribution in [2.24, 2.45) is 23.7 Å². The second kappa shape index (κ2) is 8.05. The summed E-state index contributed by atoms with van der Waals surface area (Å²) in [5, 5.41) is 10.9. The number of aliphatic carboxylic acids is 1. The van der Waals surface area contributed by atoms with Crippen LogP contribution in [0, 0.1) is 23.7 Å². The summed E-state index contributed by atoms with van der Waals surface area (Å²) >= 11 is 0. The third-order valence-corrected chi connectivity index (χ3v) is 5.88. The van der Waals surface area contributed by atoms with E-state index < -0.39 is 5.97 Å². The fourth-order valence-corrected chi connectivity index (χ4v) is 4.46. The Morgan fingerprint density at radius 1 is 0.900 bits per heavy atom. The van der Waals surface area contributed by atoms with E-state index in [1.807, 2.05) is 0 Å². The van der Waals surface area contributed by atoms with Gasteiger partial charge in [-0.15, -0.1) is 0 Å². The lowest BCUT2D eigenvalue weighted by atomic mass is 9.68. The van der Waals surface area contributed by atoms with Crippen LogP contribution in [0.5, 0.6) is 0 Å². The predicted molar refractivity (Wildman–Crippen MR) is 80.0 cm³/mol. The molecular formula is C18H31O2-. The second-order valence-corrected chi connectivity index (χ2v) is 7.21. The molecule has 0 atom stereocenters. The van der Waals surface area contributed by atoms with E-state index in [4.69, 9.17) is 0 Å². The third kappa shape index (κ3) is 4.49. The minimum absolute atomic E-state index is 0.156. The number of carbonyl (C=O) groups excluding carboxylic acids is 1. The molecule has 0 N–H and O–H groups in total. The van der Waals surface area contributed by atoms with Crippen LogP contribution in [0.25, 0.3) is 0 Å². The summed E-state index contributed by atoms with van der Waals surface area (Å²) < 4.78 is 0. The van der Waals surface area contributed by atoms with Gasteiger partial charge in [0.05, 0.1) is 0 Å². The van der Waals surface area contributed by atoms with Crippen molar-refractivity contribution in [3.8, 4) is 0 Å². The van der Waals surface area contributed by atoms with E-state index in [9.17, 15) is 9.90 Å². The van der Waals surface area contributed by atoms with Gasteiger partial charge in [-0.25, -0.2) is 0 Å². The van der Waals surface area contributed by atoms with E-state index in [1.54, 1.807) is 0 Å². The van der Waals surface area contributed by atoms with E-state index >= 15 is 0 Å². The van der Waals surface area contributed by atoms with Gasteiger partial charge in [0.1, 0.15) is 0 Å². The smallest absolute Gasteiger partial charge is 0.0445 e. The Kier molecular flexibility index (Phi) is 6.38. The van der Waals surface area contributed by atoms with E-state index in [0.29, 0.717) is 0 Å². The number of carboxylic acid groups (broad SMARTS) is 1. The fraction of sp³-hybridized carbons (Fsp3) is 0.944. The fourth-order valence-electron chi connectivity index (χ4n) is 4.46. The van der Waals surface area contributed by atoms with Gasteiger partial charge in [0.2, 0.25) is 0 Å². The van der Waals surface area contributed by atoms with Crippen LogP contribution in [0.4, 0.5) is 0 Å². The van der Waals surface area contributed by atoms with Crippen LogP contribution in [-0.4, -0.2) is 5.97 Å². The maximum absolute atomic E-state index is 10.9. The third-order valence-electron chi connectivity index (χ3n) is 5.88. The maximum Gasteiger partial charge on any atom is 0.0445 e. The SMILES string of the molecule is CCCCCC1CCC(C2CCC(C(=O)[O-])CC2)CC1. The van der Waals surface area contributed by atoms with Crippen LogP contribution in [0.2, 0.25) is 0 Å². The zero-order chi connectivity index (χ0) is 14.4. The second-order valence-electron chi connectivity index (χ2n) is 7.21. The van der Waals surface area contributed by atoms with Crippen molar-refractivity contribution in [1.29, 1.82) is 0 Å². The molecule has 2 fully saturated rings. The van der Waals surface area contributed by atoms with Gasteiger partial charge in [-0.2, -0.15) is 0 Å². The molecule has 2 heteroatoms. The van der Waals surface area contributed by atoms with Crippen LogP contribution in [0.15, 0.2) is 0 Å². The lowest BCUT2D eigenvalue weighted by Gasteiger charge is -2.38. The standard InChI is InChI=1S/C18H32O2/c1-2-3-4-5-14-6-8-15(9-7-14)16-10-12-17(13-11-16)18(19)20/h14-17H,2-13H2,1H3,(H,19,20)/p-1. The van der Waals surface area contributed by atoms with Gasteiger partial charge >= 0.3 is 0 Å². The zero-order valence-electron chi connectivity index (χ0n) is 13.1. The highest BCUT2D eigenvalue weighted by atomic mass is 16.4. The summed E-state index contributed by atoms with van der Waals surface area (Å²) in [4.78, 5) is 10.9. The Morgan fingerprint density at radius 3 is 1.95 bits per heavy atom. The molecule has 0 saturated heterocycles. The first-order valence-electron chi connectivity index (χ1n) is 8.91. The number of carboxylic acids is 1. The molecule has 0 aromatic heterocycles. The van der Waals surface area contributed by atoms with Gasteiger partial charge in [-0.05, 0) is 62.2 Å². The number of unbranched alkanes of at least 4 members (excludes halogenated alkanes) is 2. The van der Waals surface area contributed by atoms with E-state index in [0.717, 1.165) is 43.4 Å². The van der Waals surface area contributed by atoms with Crippen molar-refractivity contribution in [3.63, 3.8) is 0 Å². The van der Waals surface area contributed by atoms with E-state index in [-0.39, 0.29) is 5.92 Å². The monoisotopic (exact) mass is 279 g/mol. The lowest BCUT2D eigenvalue weighted by molar-refractivity contribution is -0.312. The average molecular weight is 279 g/mol. The molecule has 2 rings (SSSR count). The molecule has 2 saturated carbocycles. The van der Waals surface area contributed by atoms with Gasteiger partial charge in [0.15, 0.2) is 0 Å². The van der Waals surface area contributed by atoms with Crippen LogP contribution in [0.1, 0.15) is 84.0 Å². The van der Waals surface area contributed by atoms with Gasteiger partial charge < -0.3 is 9.90 Å². The summed E-state index contributed by atoms with van der Waals surface area (Å²) in [6.45, 7) is 2.28. The summed E-state index contributed by atoms with van der Waals surface area (Å²) in [7, 11) is 0. The number of hydrogen-bond acceptors (Lipinski definition) is 2. The van der Waals surface area contributed by atoms with Crippen LogP contribution in [-0.2, 0) is 4.79 Å². The van der Waals surface area contributed by atoms with Gasteiger partial charge in [-0.1, -0.05) is 45.4 Å². The molecule has 0 radical (unpaired) electrons. The highest BCUT2D eigenvalue weighted by Crippen LogP contribution is 2.42. The first kappa shape index (κ1) is 15.9. The molecule has 0 bridgehead atoms. The Balaban J connectivity index is 1.65. The van der Waals surface area contributed by atoms with Gasteiger partial charge in [-0.3, -0.25) is 0 Å². The Bertz CT molecular complexity index is 284. The molecule has 0 amide bonds. The normalized spacial score (nSPS) is 34.9. The molecule has 0 unspecified atom stereocenters. The molecule has 0 spiro atoms. The van der Waals surface area contributed by atoms with Crippen LogP contribution >= 0.6 is 0 Å². The highest BCUT2D eigenvalue weighted by Gasteiger charge is 2.30. The molecule has 2 aliphatic carbocycles. The number of rotatable bonds is 6. The molecular weight excluding hydrogens is 248 g/mol. The molecule has 2 nitrogen and oxygen atoms in total. The summed E-state index contributed by atoms with van der Waals surface area (Å²) in [5.74, 6) is 1.71. The van der Waals surface area contributed by atoms with E-state index in [1.165, 1.54) is 51.4 Å². The van der Waals surface area contributed by atoms with Crippen molar-refractivity contribution in [2.75, 3.05) is 0 Å². The van der Waals surface area contributed by atoms with Crippen molar-refractivity contribution in [3.05, 3.63) is 0 Å². The zero-order valence-corrected chi connectivity index (χ0v) is 13.1. The van der Waals surface area contributed by atoms with Crippen molar-refractivity contribution in [1.82, 2.24) is 0 Å². The van der Waals surface area contributed by atoms with E-state index in [2.05, 4.69) is 6.92 Å². The minimum Gasteiger partial charge on any atom is -0.550 e. The Hall–Kier alpha value is -0.530. The summed E-state index contributed by atoms with van der Waals surface area (Å²) in [5.41, 5.74) is 0. The topological polar surface area (TPSA) is 40.1 Å². The van der Waals surface area contributed by atoms with Crippen molar-refractivity contribution < 1.29 is 9.90 Å². The van der Waals surface area contributed by atoms with Crippen molar-refractivity contribution >= 4 is 5.97 Å². The van der Waals surface area contributed by atoms with Gasteiger partial charge in [0.25, 0.3) is 0 Å². The molecule has 2 aliphatic rings. The molecule has 0 aromatic carbocycles. The maximum atomic E-state index is 10.9. The quantitative estimate of drug-likeness (QED) is 0.691. The molecule has 116 valence electrons. The number of hydrogen-bond donors (Lipinski definition) is 0. The van der Waals surface area contributed by atoms with Crippen LogP contribution in [0.3, 0.4) is 0 Å². The molecule has 0 aromatic rings. The van der Waals surface area contributed by atoms with Crippen LogP contribution < -0.4 is 5.11 Å². The molecule has 20 heavy (non-hydrogen) atoms. The molecule has 0 aliphatic heterocycles.